The Kier molecular flexibility index (Phi) is 5.46. The predicted octanol–water partition coefficient (Wildman–Crippen LogP) is 3.35. The predicted molar refractivity (Wildman–Crippen MR) is 99.6 cm³/mol. The highest BCUT2D eigenvalue weighted by Gasteiger charge is 2.13. The summed E-state index contributed by atoms with van der Waals surface area (Å²) in [5.41, 5.74) is 1.60. The number of benzene rings is 2. The zero-order chi connectivity index (χ0) is 19.2. The maximum Gasteiger partial charge on any atom is 0.322 e. The number of amides is 2. The maximum absolute atomic E-state index is 12.4. The molecule has 0 bridgehead atoms. The zero-order valence-corrected chi connectivity index (χ0v) is 14.9. The molecule has 0 atom stereocenters. The molecule has 0 saturated heterocycles. The van der Waals surface area contributed by atoms with Gasteiger partial charge in [-0.3, -0.25) is 14.9 Å². The quantitative estimate of drug-likeness (QED) is 0.693. The minimum Gasteiger partial charge on any atom is -0.497 e. The Morgan fingerprint density at radius 3 is 2.56 bits per heavy atom. The molecule has 0 radical (unpaired) electrons. The Labute approximate surface area is 155 Å². The van der Waals surface area contributed by atoms with Crippen LogP contribution in [0.15, 0.2) is 52.9 Å². The lowest BCUT2D eigenvalue weighted by atomic mass is 10.2. The first-order valence-electron chi connectivity index (χ1n) is 8.28. The normalized spacial score (nSPS) is 10.3. The van der Waals surface area contributed by atoms with Gasteiger partial charge in [-0.15, -0.1) is 5.10 Å². The summed E-state index contributed by atoms with van der Waals surface area (Å²) in [7, 11) is 1.58. The average Bonchev–Trinajstić information content (AvgIpc) is 3.16. The van der Waals surface area contributed by atoms with Crippen molar-refractivity contribution in [3.05, 3.63) is 54.1 Å². The third kappa shape index (κ3) is 4.49. The molecule has 1 heterocycles. The van der Waals surface area contributed by atoms with Gasteiger partial charge in [0.2, 0.25) is 11.8 Å². The molecule has 3 rings (SSSR count). The second-order valence-electron chi connectivity index (χ2n) is 5.58. The molecule has 0 spiro atoms. The van der Waals surface area contributed by atoms with Crippen LogP contribution in [0.3, 0.4) is 0 Å². The zero-order valence-electron chi connectivity index (χ0n) is 14.9. The number of carbonyl (C=O) groups excluding carboxylic acids is 2. The molecular formula is C19H18N4O4. The van der Waals surface area contributed by atoms with Crippen LogP contribution >= 0.6 is 0 Å². The summed E-state index contributed by atoms with van der Waals surface area (Å²) in [5, 5.41) is 13.0. The summed E-state index contributed by atoms with van der Waals surface area (Å²) in [5.74, 6) is 0.430. The molecule has 0 aliphatic rings. The number of nitrogens with zero attached hydrogens (tertiary/aromatic N) is 2. The molecule has 138 valence electrons. The number of ether oxygens (including phenoxy) is 1. The first-order valence-corrected chi connectivity index (χ1v) is 8.28. The molecule has 27 heavy (non-hydrogen) atoms. The molecule has 0 aliphatic heterocycles. The number of carbonyl (C=O) groups is 2. The minimum absolute atomic E-state index is 0.0196. The third-order valence-corrected chi connectivity index (χ3v) is 3.71. The van der Waals surface area contributed by atoms with Crippen molar-refractivity contribution in [2.45, 2.75) is 13.3 Å². The number of hydrogen-bond acceptors (Lipinski definition) is 6. The van der Waals surface area contributed by atoms with E-state index in [0.717, 1.165) is 0 Å². The van der Waals surface area contributed by atoms with Crippen molar-refractivity contribution in [3.8, 4) is 17.2 Å². The van der Waals surface area contributed by atoms with Crippen molar-refractivity contribution < 1.29 is 18.7 Å². The Balaban J connectivity index is 1.70. The van der Waals surface area contributed by atoms with Crippen LogP contribution in [-0.4, -0.2) is 29.1 Å². The molecule has 2 aromatic carbocycles. The average molecular weight is 366 g/mol. The van der Waals surface area contributed by atoms with Crippen molar-refractivity contribution in [2.75, 3.05) is 17.7 Å². The van der Waals surface area contributed by atoms with Gasteiger partial charge in [-0.25, -0.2) is 0 Å². The molecule has 2 N–H and O–H groups in total. The van der Waals surface area contributed by atoms with Crippen molar-refractivity contribution in [1.82, 2.24) is 10.2 Å². The van der Waals surface area contributed by atoms with E-state index in [1.807, 2.05) is 0 Å². The van der Waals surface area contributed by atoms with Crippen LogP contribution in [0.25, 0.3) is 11.5 Å². The monoisotopic (exact) mass is 366 g/mol. The van der Waals surface area contributed by atoms with Gasteiger partial charge < -0.3 is 14.5 Å². The van der Waals surface area contributed by atoms with E-state index in [9.17, 15) is 9.59 Å². The fourth-order valence-corrected chi connectivity index (χ4v) is 2.28. The highest BCUT2D eigenvalue weighted by Crippen LogP contribution is 2.23. The summed E-state index contributed by atoms with van der Waals surface area (Å²) in [6.45, 7) is 1.75. The Morgan fingerprint density at radius 2 is 1.85 bits per heavy atom. The molecular weight excluding hydrogens is 348 g/mol. The fourth-order valence-electron chi connectivity index (χ4n) is 2.28. The van der Waals surface area contributed by atoms with Gasteiger partial charge in [0.1, 0.15) is 5.75 Å². The summed E-state index contributed by atoms with van der Waals surface area (Å²) >= 11 is 0. The molecule has 0 saturated carbocycles. The van der Waals surface area contributed by atoms with Crippen molar-refractivity contribution in [3.63, 3.8) is 0 Å². The number of nitrogens with one attached hydrogen (secondary N) is 2. The van der Waals surface area contributed by atoms with Gasteiger partial charge in [-0.2, -0.15) is 0 Å². The van der Waals surface area contributed by atoms with Gasteiger partial charge in [0.25, 0.3) is 5.91 Å². The van der Waals surface area contributed by atoms with Gasteiger partial charge in [0.15, 0.2) is 0 Å². The van der Waals surface area contributed by atoms with Crippen molar-refractivity contribution >= 4 is 23.5 Å². The van der Waals surface area contributed by atoms with Gasteiger partial charge in [0.05, 0.1) is 7.11 Å². The summed E-state index contributed by atoms with van der Waals surface area (Å²) in [6.07, 6.45) is 0.354. The fraction of sp³-hybridized carbons (Fsp3) is 0.158. The number of anilines is 2. The lowest BCUT2D eigenvalue weighted by Gasteiger charge is -2.06. The van der Waals surface area contributed by atoms with Crippen molar-refractivity contribution in [2.24, 2.45) is 0 Å². The van der Waals surface area contributed by atoms with Crippen LogP contribution < -0.4 is 15.4 Å². The second kappa shape index (κ2) is 8.13. The minimum atomic E-state index is -0.424. The molecule has 1 aromatic heterocycles. The van der Waals surface area contributed by atoms with Crippen LogP contribution in [0.5, 0.6) is 5.75 Å². The van der Waals surface area contributed by atoms with Gasteiger partial charge in [-0.05, 0) is 42.5 Å². The Bertz CT molecular complexity index is 950. The molecule has 0 unspecified atom stereocenters. The van der Waals surface area contributed by atoms with E-state index in [0.29, 0.717) is 29.0 Å². The summed E-state index contributed by atoms with van der Waals surface area (Å²) in [4.78, 5) is 23.9. The summed E-state index contributed by atoms with van der Waals surface area (Å²) in [6, 6.07) is 13.7. The van der Waals surface area contributed by atoms with E-state index in [2.05, 4.69) is 20.8 Å². The second-order valence-corrected chi connectivity index (χ2v) is 5.58. The summed E-state index contributed by atoms with van der Waals surface area (Å²) < 4.78 is 10.6. The van der Waals surface area contributed by atoms with E-state index >= 15 is 0 Å². The number of rotatable bonds is 6. The topological polar surface area (TPSA) is 106 Å². The van der Waals surface area contributed by atoms with Crippen LogP contribution in [0.2, 0.25) is 0 Å². The number of hydrogen-bond donors (Lipinski definition) is 2. The third-order valence-electron chi connectivity index (χ3n) is 3.71. The van der Waals surface area contributed by atoms with Gasteiger partial charge in [0, 0.05) is 23.2 Å². The number of aromatic nitrogens is 2. The van der Waals surface area contributed by atoms with Crippen LogP contribution in [0.4, 0.5) is 11.7 Å². The van der Waals surface area contributed by atoms with Gasteiger partial charge in [-0.1, -0.05) is 18.1 Å². The van der Waals surface area contributed by atoms with E-state index < -0.39 is 5.91 Å². The van der Waals surface area contributed by atoms with E-state index in [-0.39, 0.29) is 17.8 Å². The van der Waals surface area contributed by atoms with Crippen molar-refractivity contribution in [1.29, 1.82) is 0 Å². The molecule has 0 fully saturated rings. The van der Waals surface area contributed by atoms with E-state index in [1.54, 1.807) is 62.6 Å². The highest BCUT2D eigenvalue weighted by atomic mass is 16.5. The number of methoxy groups -OCH3 is 1. The molecule has 8 nitrogen and oxygen atoms in total. The SMILES string of the molecule is CCC(=O)Nc1cccc(C(=O)Nc2nnc(-c3ccc(OC)cc3)o2)c1. The lowest BCUT2D eigenvalue weighted by molar-refractivity contribution is -0.115. The maximum atomic E-state index is 12.4. The molecule has 2 amide bonds. The van der Waals surface area contributed by atoms with Gasteiger partial charge >= 0.3 is 6.01 Å². The Morgan fingerprint density at radius 1 is 1.07 bits per heavy atom. The first kappa shape index (κ1) is 18.1. The first-order chi connectivity index (χ1) is 13.1. The molecule has 3 aromatic rings. The lowest BCUT2D eigenvalue weighted by Crippen LogP contribution is -2.14. The highest BCUT2D eigenvalue weighted by molar-refractivity contribution is 6.04. The van der Waals surface area contributed by atoms with E-state index in [4.69, 9.17) is 9.15 Å². The molecule has 0 aliphatic carbocycles. The largest absolute Gasteiger partial charge is 0.497 e. The van der Waals surface area contributed by atoms with Crippen LogP contribution in [-0.2, 0) is 4.79 Å². The Hall–Kier alpha value is -3.68. The van der Waals surface area contributed by atoms with Crippen LogP contribution in [0, 0.1) is 0 Å². The smallest absolute Gasteiger partial charge is 0.322 e. The molecule has 8 heteroatoms. The standard InChI is InChI=1S/C19H18N4O4/c1-3-16(24)20-14-6-4-5-13(11-14)17(25)21-19-23-22-18(27-19)12-7-9-15(26-2)10-8-12/h4-11H,3H2,1-2H3,(H,20,24)(H,21,23,25). The van der Waals surface area contributed by atoms with E-state index in [1.165, 1.54) is 0 Å². The van der Waals surface area contributed by atoms with Crippen LogP contribution in [0.1, 0.15) is 23.7 Å².